The lowest BCUT2D eigenvalue weighted by Crippen LogP contribution is -2.68. The van der Waals surface area contributed by atoms with Crippen LogP contribution < -0.4 is 5.32 Å². The Morgan fingerprint density at radius 2 is 1.96 bits per heavy atom. The molecule has 0 radical (unpaired) electrons. The summed E-state index contributed by atoms with van der Waals surface area (Å²) in [4.78, 5) is 12.3. The molecule has 26 heavy (non-hydrogen) atoms. The maximum absolute atomic E-state index is 12.3. The molecule has 5 nitrogen and oxygen atoms in total. The lowest BCUT2D eigenvalue weighted by molar-refractivity contribution is -0.151. The number of carbonyl (C=O) groups excluding carboxylic acids is 1. The maximum atomic E-state index is 12.3. The van der Waals surface area contributed by atoms with Crippen LogP contribution in [0.1, 0.15) is 60.3 Å². The van der Waals surface area contributed by atoms with Crippen LogP contribution >= 0.6 is 0 Å². The van der Waals surface area contributed by atoms with Crippen molar-refractivity contribution >= 4 is 14.2 Å². The zero-order valence-electron chi connectivity index (χ0n) is 17.7. The summed E-state index contributed by atoms with van der Waals surface area (Å²) in [5.74, 6) is -0.0579. The van der Waals surface area contributed by atoms with E-state index in [2.05, 4.69) is 46.1 Å². The predicted molar refractivity (Wildman–Crippen MR) is 107 cm³/mol. The molecule has 1 amide bonds. The second-order valence-corrected chi connectivity index (χ2v) is 14.4. The fourth-order valence-electron chi connectivity index (χ4n) is 4.03. The smallest absolute Gasteiger partial charge is 0.228 e. The van der Waals surface area contributed by atoms with Gasteiger partial charge in [0.15, 0.2) is 8.32 Å². The molecule has 0 aromatic carbocycles. The molecule has 1 unspecified atom stereocenters. The Kier molecular flexibility index (Phi) is 6.97. The number of rotatable bonds is 7. The van der Waals surface area contributed by atoms with Crippen LogP contribution in [0.15, 0.2) is 0 Å². The summed E-state index contributed by atoms with van der Waals surface area (Å²) >= 11 is 0. The van der Waals surface area contributed by atoms with Gasteiger partial charge in [0, 0.05) is 18.6 Å². The van der Waals surface area contributed by atoms with E-state index in [0.717, 1.165) is 25.7 Å². The van der Waals surface area contributed by atoms with Crippen LogP contribution in [0.5, 0.6) is 0 Å². The van der Waals surface area contributed by atoms with E-state index < -0.39 is 14.4 Å². The Hall–Kier alpha value is -0.433. The lowest BCUT2D eigenvalue weighted by atomic mass is 9.70. The van der Waals surface area contributed by atoms with Gasteiger partial charge in [-0.3, -0.25) is 4.79 Å². The molecule has 1 aliphatic carbocycles. The minimum Gasteiger partial charge on any atom is -0.413 e. The van der Waals surface area contributed by atoms with Crippen molar-refractivity contribution in [2.24, 2.45) is 11.8 Å². The summed E-state index contributed by atoms with van der Waals surface area (Å²) in [6.45, 7) is 15.9. The van der Waals surface area contributed by atoms with Gasteiger partial charge in [-0.2, -0.15) is 0 Å². The maximum Gasteiger partial charge on any atom is 0.228 e. The number of amides is 1. The van der Waals surface area contributed by atoms with Gasteiger partial charge in [0.1, 0.15) is 0 Å². The number of carbonyl (C=O) groups is 1. The zero-order chi connectivity index (χ0) is 19.7. The van der Waals surface area contributed by atoms with Crippen LogP contribution in [0.2, 0.25) is 18.1 Å². The predicted octanol–water partition coefficient (Wildman–Crippen LogP) is 3.47. The van der Waals surface area contributed by atoms with Crippen molar-refractivity contribution in [2.75, 3.05) is 6.61 Å². The molecule has 0 spiro atoms. The van der Waals surface area contributed by atoms with Crippen LogP contribution in [0.4, 0.5) is 0 Å². The third-order valence-corrected chi connectivity index (χ3v) is 11.2. The molecule has 2 aliphatic rings. The molecule has 1 aliphatic heterocycles. The molecule has 0 bridgehead atoms. The number of β-lactam (4-membered cyclic amide) rings is 1. The highest BCUT2D eigenvalue weighted by molar-refractivity contribution is 6.74. The van der Waals surface area contributed by atoms with Gasteiger partial charge in [-0.25, -0.2) is 0 Å². The Balaban J connectivity index is 2.05. The van der Waals surface area contributed by atoms with E-state index in [1.807, 2.05) is 6.92 Å². The third-order valence-electron chi connectivity index (χ3n) is 6.63. The molecule has 2 N–H and O–H groups in total. The number of hydrogen-bond acceptors (Lipinski definition) is 4. The first kappa shape index (κ1) is 21.9. The van der Waals surface area contributed by atoms with E-state index in [4.69, 9.17) is 9.16 Å². The SMILES string of the molecule is CCCO[C@H]1CCC[C@H](C2NC(=O)[C@@H]2[C@@H](C)O[Si](C)(C)C(C)(C)C)[C@@H]1O. The Morgan fingerprint density at radius 3 is 2.50 bits per heavy atom. The number of aliphatic hydroxyl groups excluding tert-OH is 1. The average Bonchev–Trinajstić information content (AvgIpc) is 2.50. The highest BCUT2D eigenvalue weighted by Gasteiger charge is 2.52. The summed E-state index contributed by atoms with van der Waals surface area (Å²) in [5, 5.41) is 14.0. The molecule has 0 aromatic rings. The summed E-state index contributed by atoms with van der Waals surface area (Å²) in [5.41, 5.74) is 0. The highest BCUT2D eigenvalue weighted by atomic mass is 28.4. The molecule has 1 saturated carbocycles. The molecule has 0 aromatic heterocycles. The van der Waals surface area contributed by atoms with Crippen LogP contribution in [0.25, 0.3) is 0 Å². The molecule has 2 rings (SSSR count). The van der Waals surface area contributed by atoms with Gasteiger partial charge in [-0.1, -0.05) is 34.1 Å². The van der Waals surface area contributed by atoms with Crippen molar-refractivity contribution < 1.29 is 19.1 Å². The summed E-state index contributed by atoms with van der Waals surface area (Å²) in [7, 11) is -1.94. The van der Waals surface area contributed by atoms with Gasteiger partial charge in [-0.05, 0) is 44.3 Å². The topological polar surface area (TPSA) is 67.8 Å². The van der Waals surface area contributed by atoms with Gasteiger partial charge in [0.05, 0.1) is 24.2 Å². The average molecular weight is 386 g/mol. The quantitative estimate of drug-likeness (QED) is 0.520. The first-order valence-electron chi connectivity index (χ1n) is 10.3. The molecular weight excluding hydrogens is 346 g/mol. The Labute approximate surface area is 160 Å². The standard InChI is InChI=1S/C20H39NO4Si/c1-8-12-24-15-11-9-10-14(18(15)22)17-16(19(23)21-17)13(2)25-26(6,7)20(3,4)5/h13-18,22H,8-12H2,1-7H3,(H,21,23)/t13-,14-,15+,16-,17?,18+/m1/s1. The number of ether oxygens (including phenoxy) is 1. The van der Waals surface area contributed by atoms with E-state index in [9.17, 15) is 9.90 Å². The molecule has 2 fully saturated rings. The van der Waals surface area contributed by atoms with Crippen molar-refractivity contribution in [3.05, 3.63) is 0 Å². The first-order valence-corrected chi connectivity index (χ1v) is 13.2. The van der Waals surface area contributed by atoms with E-state index in [1.165, 1.54) is 0 Å². The van der Waals surface area contributed by atoms with Crippen LogP contribution in [-0.4, -0.2) is 50.3 Å². The largest absolute Gasteiger partial charge is 0.413 e. The van der Waals surface area contributed by atoms with Crippen molar-refractivity contribution in [1.29, 1.82) is 0 Å². The monoisotopic (exact) mass is 385 g/mol. The summed E-state index contributed by atoms with van der Waals surface area (Å²) in [6.07, 6.45) is 3.08. The van der Waals surface area contributed by atoms with Crippen molar-refractivity contribution in [2.45, 2.75) is 103 Å². The minimum absolute atomic E-state index is 0.00899. The summed E-state index contributed by atoms with van der Waals surface area (Å²) in [6, 6.07) is -0.00899. The van der Waals surface area contributed by atoms with Gasteiger partial charge in [-0.15, -0.1) is 0 Å². The fraction of sp³-hybridized carbons (Fsp3) is 0.950. The molecular formula is C20H39NO4Si. The Morgan fingerprint density at radius 1 is 1.31 bits per heavy atom. The zero-order valence-corrected chi connectivity index (χ0v) is 18.7. The lowest BCUT2D eigenvalue weighted by Gasteiger charge is -2.50. The highest BCUT2D eigenvalue weighted by Crippen LogP contribution is 2.41. The Bertz CT molecular complexity index is 491. The van der Waals surface area contributed by atoms with Crippen molar-refractivity contribution in [3.63, 3.8) is 0 Å². The van der Waals surface area contributed by atoms with Gasteiger partial charge in [0.25, 0.3) is 0 Å². The van der Waals surface area contributed by atoms with E-state index in [0.29, 0.717) is 6.61 Å². The molecule has 6 atom stereocenters. The summed E-state index contributed by atoms with van der Waals surface area (Å²) < 4.78 is 12.3. The molecule has 1 saturated heterocycles. The van der Waals surface area contributed by atoms with E-state index >= 15 is 0 Å². The van der Waals surface area contributed by atoms with Gasteiger partial charge < -0.3 is 19.6 Å². The van der Waals surface area contributed by atoms with E-state index in [-0.39, 0.29) is 41.0 Å². The fourth-order valence-corrected chi connectivity index (χ4v) is 5.46. The van der Waals surface area contributed by atoms with Crippen LogP contribution in [-0.2, 0) is 14.0 Å². The first-order chi connectivity index (χ1) is 12.0. The third kappa shape index (κ3) is 4.51. The van der Waals surface area contributed by atoms with Gasteiger partial charge >= 0.3 is 0 Å². The van der Waals surface area contributed by atoms with Crippen LogP contribution in [0.3, 0.4) is 0 Å². The minimum atomic E-state index is -1.94. The number of aliphatic hydroxyl groups is 1. The van der Waals surface area contributed by atoms with Crippen molar-refractivity contribution in [3.8, 4) is 0 Å². The normalized spacial score (nSPS) is 34.2. The second-order valence-electron chi connectivity index (χ2n) is 9.64. The van der Waals surface area contributed by atoms with Crippen molar-refractivity contribution in [1.82, 2.24) is 5.32 Å². The van der Waals surface area contributed by atoms with Crippen LogP contribution in [0, 0.1) is 11.8 Å². The van der Waals surface area contributed by atoms with Gasteiger partial charge in [0.2, 0.25) is 5.91 Å². The number of hydrogen-bond donors (Lipinski definition) is 2. The second kappa shape index (κ2) is 8.29. The van der Waals surface area contributed by atoms with E-state index in [1.54, 1.807) is 0 Å². The molecule has 152 valence electrons. The molecule has 6 heteroatoms. The molecule has 1 heterocycles. The number of nitrogens with one attached hydrogen (secondary N) is 1.